The molecule has 1 aliphatic rings. The number of anilines is 2. The second-order valence-electron chi connectivity index (χ2n) is 8.87. The predicted octanol–water partition coefficient (Wildman–Crippen LogP) is 5.09. The molecule has 0 radical (unpaired) electrons. The topological polar surface area (TPSA) is 102 Å². The Bertz CT molecular complexity index is 1450. The molecule has 1 fully saturated rings. The van der Waals surface area contributed by atoms with Crippen LogP contribution < -0.4 is 20.3 Å². The van der Waals surface area contributed by atoms with E-state index in [2.05, 4.69) is 25.8 Å². The van der Waals surface area contributed by atoms with Gasteiger partial charge in [0.25, 0.3) is 5.91 Å². The van der Waals surface area contributed by atoms with Crippen molar-refractivity contribution in [3.05, 3.63) is 77.6 Å². The molecule has 2 N–H and O–H groups in total. The molecule has 1 saturated heterocycles. The zero-order chi connectivity index (χ0) is 28.1. The van der Waals surface area contributed by atoms with E-state index < -0.39 is 17.6 Å². The number of para-hydroxylation sites is 1. The normalized spacial score (nSPS) is 15.6. The second-order valence-corrected chi connectivity index (χ2v) is 9.73. The summed E-state index contributed by atoms with van der Waals surface area (Å²) < 4.78 is 55.7. The van der Waals surface area contributed by atoms with Gasteiger partial charge in [0, 0.05) is 30.6 Å². The van der Waals surface area contributed by atoms with E-state index in [1.165, 1.54) is 35.9 Å². The first-order valence-corrected chi connectivity index (χ1v) is 13.2. The van der Waals surface area contributed by atoms with E-state index >= 15 is 0 Å². The van der Waals surface area contributed by atoms with Crippen molar-refractivity contribution in [3.8, 4) is 22.1 Å². The van der Waals surface area contributed by atoms with Gasteiger partial charge in [-0.1, -0.05) is 18.2 Å². The third kappa shape index (κ3) is 6.22. The Hall–Kier alpha value is -4.07. The molecule has 5 rings (SSSR count). The van der Waals surface area contributed by atoms with Crippen LogP contribution in [0.4, 0.5) is 24.5 Å². The van der Waals surface area contributed by atoms with Gasteiger partial charge in [-0.3, -0.25) is 4.79 Å². The van der Waals surface area contributed by atoms with Crippen molar-refractivity contribution in [1.29, 1.82) is 0 Å². The molecule has 0 saturated carbocycles. The summed E-state index contributed by atoms with van der Waals surface area (Å²) >= 11 is 1.22. The Balaban J connectivity index is 1.54. The number of carbonyl (C=O) groups is 1. The van der Waals surface area contributed by atoms with Crippen molar-refractivity contribution in [2.24, 2.45) is 0 Å². The number of hydrogen-bond acceptors (Lipinski definition) is 9. The molecule has 4 aromatic rings. The van der Waals surface area contributed by atoms with Gasteiger partial charge in [0.15, 0.2) is 0 Å². The SMILES string of the molecule is CNC[C@@H]1CN(c2c(NC(=O)c3csc(-c4ccnnc4)n3)ccc(Oc3ccccc3)c2C(F)(F)F)CCO1. The van der Waals surface area contributed by atoms with Gasteiger partial charge in [-0.15, -0.1) is 11.3 Å². The van der Waals surface area contributed by atoms with Crippen molar-refractivity contribution in [3.63, 3.8) is 0 Å². The molecule has 13 heteroatoms. The van der Waals surface area contributed by atoms with E-state index in [9.17, 15) is 18.0 Å². The van der Waals surface area contributed by atoms with Gasteiger partial charge in [0.1, 0.15) is 27.8 Å². The maximum absolute atomic E-state index is 14.8. The average Bonchev–Trinajstić information content (AvgIpc) is 3.45. The molecule has 208 valence electrons. The van der Waals surface area contributed by atoms with Crippen LogP contribution in [0.5, 0.6) is 11.5 Å². The highest BCUT2D eigenvalue weighted by molar-refractivity contribution is 7.13. The lowest BCUT2D eigenvalue weighted by atomic mass is 10.1. The number of amides is 1. The Morgan fingerprint density at radius 3 is 2.73 bits per heavy atom. The summed E-state index contributed by atoms with van der Waals surface area (Å²) in [5.41, 5.74) is -0.446. The monoisotopic (exact) mass is 570 g/mol. The molecule has 2 aromatic heterocycles. The standard InChI is InChI=1S/C27H25F3N6O3S/c1-31-14-19-15-36(11-12-38-19)24-20(34-25(37)21-16-40-26(35-21)17-9-10-32-33-13-17)7-8-22(23(24)27(28,29)30)39-18-5-3-2-4-6-18/h2-10,13,16,19,31H,11-12,14-15H2,1H3,(H,34,37)/t19-/m1/s1. The maximum atomic E-state index is 14.8. The van der Waals surface area contributed by atoms with Crippen LogP contribution in [0.25, 0.3) is 10.6 Å². The number of likely N-dealkylation sites (N-methyl/N-ethyl adjacent to an activating group) is 1. The van der Waals surface area contributed by atoms with Crippen LogP contribution in [0.1, 0.15) is 16.1 Å². The first kappa shape index (κ1) is 27.5. The maximum Gasteiger partial charge on any atom is 0.422 e. The minimum Gasteiger partial charge on any atom is -0.457 e. The van der Waals surface area contributed by atoms with Crippen LogP contribution in [-0.2, 0) is 10.9 Å². The number of ether oxygens (including phenoxy) is 2. The third-order valence-corrected chi connectivity index (χ3v) is 6.99. The fraction of sp³-hybridized carbons (Fsp3) is 0.259. The van der Waals surface area contributed by atoms with Gasteiger partial charge in [0.2, 0.25) is 0 Å². The number of rotatable bonds is 8. The fourth-order valence-electron chi connectivity index (χ4n) is 4.36. The second kappa shape index (κ2) is 12.0. The van der Waals surface area contributed by atoms with E-state index in [-0.39, 0.29) is 54.4 Å². The van der Waals surface area contributed by atoms with Crippen LogP contribution in [-0.4, -0.2) is 60.5 Å². The zero-order valence-corrected chi connectivity index (χ0v) is 22.1. The Labute approximate surface area is 232 Å². The molecule has 0 aliphatic carbocycles. The van der Waals surface area contributed by atoms with Gasteiger partial charge >= 0.3 is 6.18 Å². The minimum absolute atomic E-state index is 0.0111. The largest absolute Gasteiger partial charge is 0.457 e. The number of hydrogen-bond donors (Lipinski definition) is 2. The first-order chi connectivity index (χ1) is 19.3. The Morgan fingerprint density at radius 1 is 1.18 bits per heavy atom. The van der Waals surface area contributed by atoms with Crippen LogP contribution in [0, 0.1) is 0 Å². The summed E-state index contributed by atoms with van der Waals surface area (Å²) in [6.07, 6.45) is -2.12. The quantitative estimate of drug-likeness (QED) is 0.302. The lowest BCUT2D eigenvalue weighted by Gasteiger charge is -2.37. The molecule has 1 atom stereocenters. The number of thiazole rings is 1. The molecule has 1 amide bonds. The van der Waals surface area contributed by atoms with Gasteiger partial charge in [0.05, 0.1) is 36.5 Å². The molecular formula is C27H25F3N6O3S. The molecule has 40 heavy (non-hydrogen) atoms. The fourth-order valence-corrected chi connectivity index (χ4v) is 5.16. The molecule has 0 unspecified atom stereocenters. The number of aromatic nitrogens is 3. The van der Waals surface area contributed by atoms with E-state index in [1.54, 1.807) is 53.7 Å². The molecule has 0 bridgehead atoms. The summed E-state index contributed by atoms with van der Waals surface area (Å²) in [7, 11) is 1.74. The van der Waals surface area contributed by atoms with Gasteiger partial charge in [-0.25, -0.2) is 4.98 Å². The molecule has 1 aliphatic heterocycles. The van der Waals surface area contributed by atoms with Crippen molar-refractivity contribution in [1.82, 2.24) is 20.5 Å². The molecule has 3 heterocycles. The Kier molecular flexibility index (Phi) is 8.24. The average molecular weight is 571 g/mol. The summed E-state index contributed by atoms with van der Waals surface area (Å²) in [6.45, 7) is 1.04. The summed E-state index contributed by atoms with van der Waals surface area (Å²) in [6, 6.07) is 12.6. The Morgan fingerprint density at radius 2 is 2.00 bits per heavy atom. The summed E-state index contributed by atoms with van der Waals surface area (Å²) in [5, 5.41) is 15.3. The van der Waals surface area contributed by atoms with Crippen molar-refractivity contribution < 1.29 is 27.4 Å². The number of nitrogens with zero attached hydrogens (tertiary/aromatic N) is 4. The first-order valence-electron chi connectivity index (χ1n) is 12.4. The van der Waals surface area contributed by atoms with Crippen LogP contribution >= 0.6 is 11.3 Å². The van der Waals surface area contributed by atoms with Gasteiger partial charge < -0.3 is 25.0 Å². The lowest BCUT2D eigenvalue weighted by Crippen LogP contribution is -2.47. The number of alkyl halides is 3. The molecular weight excluding hydrogens is 545 g/mol. The van der Waals surface area contributed by atoms with Crippen molar-refractivity contribution >= 4 is 28.6 Å². The van der Waals surface area contributed by atoms with E-state index in [0.717, 1.165) is 0 Å². The predicted molar refractivity (Wildman–Crippen MR) is 145 cm³/mol. The van der Waals surface area contributed by atoms with Crippen LogP contribution in [0.15, 0.2) is 66.3 Å². The highest BCUT2D eigenvalue weighted by Gasteiger charge is 2.41. The highest BCUT2D eigenvalue weighted by Crippen LogP contribution is 2.48. The van der Waals surface area contributed by atoms with Crippen molar-refractivity contribution in [2.75, 3.05) is 43.5 Å². The zero-order valence-electron chi connectivity index (χ0n) is 21.3. The van der Waals surface area contributed by atoms with E-state index in [0.29, 0.717) is 17.1 Å². The molecule has 2 aromatic carbocycles. The van der Waals surface area contributed by atoms with E-state index in [1.807, 2.05) is 0 Å². The lowest BCUT2D eigenvalue weighted by molar-refractivity contribution is -0.138. The minimum atomic E-state index is -4.79. The summed E-state index contributed by atoms with van der Waals surface area (Å²) in [4.78, 5) is 19.2. The van der Waals surface area contributed by atoms with Crippen LogP contribution in [0.2, 0.25) is 0 Å². The van der Waals surface area contributed by atoms with Gasteiger partial charge in [-0.05, 0) is 37.4 Å². The van der Waals surface area contributed by atoms with Crippen molar-refractivity contribution in [2.45, 2.75) is 12.3 Å². The van der Waals surface area contributed by atoms with Gasteiger partial charge in [-0.2, -0.15) is 23.4 Å². The third-order valence-electron chi connectivity index (χ3n) is 6.10. The smallest absolute Gasteiger partial charge is 0.422 e. The van der Waals surface area contributed by atoms with Crippen LogP contribution in [0.3, 0.4) is 0 Å². The summed E-state index contributed by atoms with van der Waals surface area (Å²) in [5.74, 6) is -0.758. The van der Waals surface area contributed by atoms with E-state index in [4.69, 9.17) is 9.47 Å². The number of morpholine rings is 1. The number of carbonyl (C=O) groups excluding carboxylic acids is 1. The molecule has 0 spiro atoms. The number of nitrogens with one attached hydrogen (secondary N) is 2. The highest BCUT2D eigenvalue weighted by atomic mass is 32.1. The molecule has 9 nitrogen and oxygen atoms in total. The number of benzene rings is 2. The number of halogens is 3.